The van der Waals surface area contributed by atoms with Crippen LogP contribution in [0.15, 0.2) is 23.3 Å². The SMILES string of the molecule is CCCc1n[nH]c(=S)n1/N=C\c1ccc(Cl)c([N+](=O)[O-])c1. The van der Waals surface area contributed by atoms with E-state index in [9.17, 15) is 10.1 Å². The van der Waals surface area contributed by atoms with E-state index in [4.69, 9.17) is 23.8 Å². The van der Waals surface area contributed by atoms with Crippen molar-refractivity contribution in [3.8, 4) is 0 Å². The summed E-state index contributed by atoms with van der Waals surface area (Å²) in [5.41, 5.74) is 0.391. The Hall–Kier alpha value is -2.06. The molecule has 0 aliphatic carbocycles. The molecule has 0 saturated heterocycles. The van der Waals surface area contributed by atoms with Crippen LogP contribution in [0.3, 0.4) is 0 Å². The second-order valence-corrected chi connectivity index (χ2v) is 5.01. The summed E-state index contributed by atoms with van der Waals surface area (Å²) >= 11 is 10.9. The lowest BCUT2D eigenvalue weighted by molar-refractivity contribution is -0.384. The lowest BCUT2D eigenvalue weighted by Gasteiger charge is -1.99. The van der Waals surface area contributed by atoms with Gasteiger partial charge in [0.2, 0.25) is 4.77 Å². The van der Waals surface area contributed by atoms with Gasteiger partial charge >= 0.3 is 0 Å². The van der Waals surface area contributed by atoms with Gasteiger partial charge in [-0.1, -0.05) is 24.6 Å². The molecule has 21 heavy (non-hydrogen) atoms. The summed E-state index contributed by atoms with van der Waals surface area (Å²) in [7, 11) is 0. The van der Waals surface area contributed by atoms with E-state index in [0.29, 0.717) is 16.2 Å². The Morgan fingerprint density at radius 1 is 1.62 bits per heavy atom. The summed E-state index contributed by atoms with van der Waals surface area (Å²) in [6.07, 6.45) is 3.11. The van der Waals surface area contributed by atoms with Gasteiger partial charge in [0.15, 0.2) is 5.82 Å². The van der Waals surface area contributed by atoms with Crippen molar-refractivity contribution in [3.63, 3.8) is 0 Å². The molecular formula is C12H12ClN5O2S. The first-order valence-corrected chi connectivity index (χ1v) is 6.96. The van der Waals surface area contributed by atoms with E-state index in [0.717, 1.165) is 12.8 Å². The average molecular weight is 326 g/mol. The highest BCUT2D eigenvalue weighted by molar-refractivity contribution is 7.71. The molecule has 7 nitrogen and oxygen atoms in total. The van der Waals surface area contributed by atoms with E-state index in [1.165, 1.54) is 23.0 Å². The molecule has 2 aromatic rings. The highest BCUT2D eigenvalue weighted by Crippen LogP contribution is 2.24. The number of nitrogens with one attached hydrogen (secondary N) is 1. The maximum atomic E-state index is 10.8. The minimum atomic E-state index is -0.536. The van der Waals surface area contributed by atoms with Gasteiger partial charge in [-0.2, -0.15) is 14.9 Å². The monoisotopic (exact) mass is 325 g/mol. The van der Waals surface area contributed by atoms with E-state index in [-0.39, 0.29) is 10.7 Å². The molecule has 0 saturated carbocycles. The van der Waals surface area contributed by atoms with Crippen LogP contribution in [-0.4, -0.2) is 26.0 Å². The number of nitro groups is 1. The number of hydrogen-bond acceptors (Lipinski definition) is 5. The van der Waals surface area contributed by atoms with Gasteiger partial charge < -0.3 is 0 Å². The Balaban J connectivity index is 2.34. The Labute approximate surface area is 130 Å². The quantitative estimate of drug-likeness (QED) is 0.395. The smallest absolute Gasteiger partial charge is 0.258 e. The average Bonchev–Trinajstić information content (AvgIpc) is 2.79. The van der Waals surface area contributed by atoms with Crippen molar-refractivity contribution in [3.05, 3.63) is 49.5 Å². The molecule has 0 fully saturated rings. The summed E-state index contributed by atoms with van der Waals surface area (Å²) < 4.78 is 1.87. The fourth-order valence-electron chi connectivity index (χ4n) is 1.70. The number of nitro benzene ring substituents is 1. The third kappa shape index (κ3) is 3.53. The summed E-state index contributed by atoms with van der Waals surface area (Å²) in [5.74, 6) is 0.710. The van der Waals surface area contributed by atoms with E-state index in [1.54, 1.807) is 6.07 Å². The Kier molecular flexibility index (Phi) is 4.81. The molecule has 1 heterocycles. The summed E-state index contributed by atoms with van der Waals surface area (Å²) in [4.78, 5) is 10.3. The first-order valence-electron chi connectivity index (χ1n) is 6.17. The number of nitrogens with zero attached hydrogens (tertiary/aromatic N) is 4. The largest absolute Gasteiger partial charge is 0.288 e. The maximum Gasteiger partial charge on any atom is 0.288 e. The molecule has 9 heteroatoms. The fraction of sp³-hybridized carbons (Fsp3) is 0.250. The molecule has 0 aliphatic heterocycles. The molecule has 0 amide bonds. The number of halogens is 1. The van der Waals surface area contributed by atoms with Crippen LogP contribution in [0.5, 0.6) is 0 Å². The van der Waals surface area contributed by atoms with Gasteiger partial charge in [-0.25, -0.2) is 0 Å². The van der Waals surface area contributed by atoms with Crippen LogP contribution in [0.25, 0.3) is 0 Å². The van der Waals surface area contributed by atoms with Crippen LogP contribution >= 0.6 is 23.8 Å². The highest BCUT2D eigenvalue weighted by atomic mass is 35.5. The van der Waals surface area contributed by atoms with Crippen LogP contribution in [0.2, 0.25) is 5.02 Å². The van der Waals surface area contributed by atoms with Crippen LogP contribution in [0.4, 0.5) is 5.69 Å². The zero-order valence-electron chi connectivity index (χ0n) is 11.1. The standard InChI is InChI=1S/C12H12ClN5O2S/c1-2-3-11-15-16-12(21)17(11)14-7-8-4-5-9(13)10(6-8)18(19)20/h4-7H,2-3H2,1H3,(H,16,21)/b14-7-. The lowest BCUT2D eigenvalue weighted by atomic mass is 10.2. The Bertz CT molecular complexity index is 752. The molecule has 1 aromatic heterocycles. The number of aryl methyl sites for hydroxylation is 1. The van der Waals surface area contributed by atoms with Crippen molar-refractivity contribution in [2.24, 2.45) is 5.10 Å². The van der Waals surface area contributed by atoms with Crippen molar-refractivity contribution in [1.29, 1.82) is 0 Å². The van der Waals surface area contributed by atoms with E-state index in [1.807, 2.05) is 6.92 Å². The van der Waals surface area contributed by atoms with Crippen LogP contribution in [-0.2, 0) is 6.42 Å². The van der Waals surface area contributed by atoms with E-state index in [2.05, 4.69) is 15.3 Å². The first-order chi connectivity index (χ1) is 10.0. The van der Waals surface area contributed by atoms with E-state index >= 15 is 0 Å². The van der Waals surface area contributed by atoms with Gasteiger partial charge in [0.1, 0.15) is 5.02 Å². The molecule has 110 valence electrons. The predicted molar refractivity (Wildman–Crippen MR) is 82.5 cm³/mol. The maximum absolute atomic E-state index is 10.8. The number of benzene rings is 1. The molecule has 2 rings (SSSR count). The molecule has 0 atom stereocenters. The van der Waals surface area contributed by atoms with E-state index < -0.39 is 4.92 Å². The Morgan fingerprint density at radius 3 is 3.05 bits per heavy atom. The third-order valence-corrected chi connectivity index (χ3v) is 3.26. The zero-order valence-corrected chi connectivity index (χ0v) is 12.7. The molecule has 0 unspecified atom stereocenters. The molecular weight excluding hydrogens is 314 g/mol. The van der Waals surface area contributed by atoms with Crippen molar-refractivity contribution in [2.75, 3.05) is 0 Å². The highest BCUT2D eigenvalue weighted by Gasteiger charge is 2.12. The Morgan fingerprint density at radius 2 is 2.38 bits per heavy atom. The second-order valence-electron chi connectivity index (χ2n) is 4.22. The molecule has 1 N–H and O–H groups in total. The second kappa shape index (κ2) is 6.59. The van der Waals surface area contributed by atoms with Gasteiger partial charge in [0.25, 0.3) is 5.69 Å². The van der Waals surface area contributed by atoms with Crippen molar-refractivity contribution < 1.29 is 4.92 Å². The lowest BCUT2D eigenvalue weighted by Crippen LogP contribution is -1.99. The van der Waals surface area contributed by atoms with Crippen LogP contribution in [0.1, 0.15) is 24.7 Å². The van der Waals surface area contributed by atoms with Crippen LogP contribution < -0.4 is 0 Å². The van der Waals surface area contributed by atoms with Crippen molar-refractivity contribution >= 4 is 35.7 Å². The number of H-pyrrole nitrogens is 1. The first kappa shape index (κ1) is 15.3. The molecule has 0 bridgehead atoms. The number of rotatable bonds is 5. The van der Waals surface area contributed by atoms with Gasteiger partial charge in [-0.3, -0.25) is 15.2 Å². The minimum absolute atomic E-state index is 0.0868. The van der Waals surface area contributed by atoms with Crippen LogP contribution in [0, 0.1) is 14.9 Å². The number of aromatic nitrogens is 3. The fourth-order valence-corrected chi connectivity index (χ4v) is 2.09. The van der Waals surface area contributed by atoms with Gasteiger partial charge in [-0.15, -0.1) is 0 Å². The zero-order chi connectivity index (χ0) is 15.4. The normalized spacial score (nSPS) is 11.1. The molecule has 1 aromatic carbocycles. The number of hydrogen-bond donors (Lipinski definition) is 1. The topological polar surface area (TPSA) is 89.1 Å². The molecule has 0 aliphatic rings. The van der Waals surface area contributed by atoms with Gasteiger partial charge in [0.05, 0.1) is 11.1 Å². The van der Waals surface area contributed by atoms with Gasteiger partial charge in [-0.05, 0) is 24.7 Å². The summed E-state index contributed by atoms with van der Waals surface area (Å²) in [6, 6.07) is 4.46. The van der Waals surface area contributed by atoms with Crippen molar-refractivity contribution in [2.45, 2.75) is 19.8 Å². The summed E-state index contributed by atoms with van der Waals surface area (Å²) in [5, 5.41) is 21.9. The predicted octanol–water partition coefficient (Wildman–Crippen LogP) is 3.34. The summed E-state index contributed by atoms with van der Waals surface area (Å²) in [6.45, 7) is 2.02. The third-order valence-electron chi connectivity index (χ3n) is 2.68. The molecule has 0 spiro atoms. The van der Waals surface area contributed by atoms with Crippen molar-refractivity contribution in [1.82, 2.24) is 14.9 Å². The minimum Gasteiger partial charge on any atom is -0.258 e. The van der Waals surface area contributed by atoms with Gasteiger partial charge in [0, 0.05) is 18.1 Å². The molecule has 0 radical (unpaired) electrons. The number of aromatic amines is 1.